The van der Waals surface area contributed by atoms with Gasteiger partial charge < -0.3 is 5.32 Å². The molecular formula is C23H25ClFN3O2S2. The van der Waals surface area contributed by atoms with Crippen LogP contribution in [0.15, 0.2) is 52.2 Å². The van der Waals surface area contributed by atoms with Crippen molar-refractivity contribution in [1.82, 2.24) is 9.88 Å². The zero-order chi connectivity index (χ0) is 22.9. The second kappa shape index (κ2) is 9.09. The number of likely N-dealkylation sites (tertiary alicyclic amines) is 1. The van der Waals surface area contributed by atoms with Crippen LogP contribution in [0.2, 0.25) is 5.02 Å². The summed E-state index contributed by atoms with van der Waals surface area (Å²) in [7, 11) is -3.53. The third kappa shape index (κ3) is 5.31. The molecule has 1 N–H and O–H groups in total. The summed E-state index contributed by atoms with van der Waals surface area (Å²) < 4.78 is 39.5. The molecule has 2 aromatic carbocycles. The summed E-state index contributed by atoms with van der Waals surface area (Å²) >= 11 is 7.82. The molecule has 32 heavy (non-hydrogen) atoms. The molecule has 1 aromatic heterocycles. The Morgan fingerprint density at radius 1 is 1.28 bits per heavy atom. The smallest absolute Gasteiger partial charge is 0.184 e. The van der Waals surface area contributed by atoms with Crippen molar-refractivity contribution >= 4 is 38.5 Å². The van der Waals surface area contributed by atoms with Gasteiger partial charge in [-0.05, 0) is 44.5 Å². The standard InChI is InChI=1S/C23H25ClFN3O2S2/c1-16-3-5-21(25)17(9-16)11-28-8-7-23(2,14-28)27-22-6-4-19(10-20(22)24)32(29,30)13-18-12-31-15-26-18/h3-6,9-10,12,15,27H,7-8,11,13-14H2,1-2H3/t23-/m0/s1. The van der Waals surface area contributed by atoms with Gasteiger partial charge in [0, 0.05) is 36.1 Å². The van der Waals surface area contributed by atoms with E-state index in [0.717, 1.165) is 25.1 Å². The number of rotatable bonds is 7. The number of aromatic nitrogens is 1. The molecule has 0 amide bonds. The first-order chi connectivity index (χ1) is 15.1. The maximum Gasteiger partial charge on any atom is 0.184 e. The third-order valence-electron chi connectivity index (χ3n) is 5.71. The van der Waals surface area contributed by atoms with Gasteiger partial charge in [0.25, 0.3) is 0 Å². The lowest BCUT2D eigenvalue weighted by Crippen LogP contribution is -2.38. The minimum atomic E-state index is -3.53. The van der Waals surface area contributed by atoms with E-state index in [9.17, 15) is 12.8 Å². The normalized spacial score (nSPS) is 19.4. The predicted molar refractivity (Wildman–Crippen MR) is 128 cm³/mol. The van der Waals surface area contributed by atoms with Gasteiger partial charge >= 0.3 is 0 Å². The highest BCUT2D eigenvalue weighted by molar-refractivity contribution is 7.90. The van der Waals surface area contributed by atoms with Crippen molar-refractivity contribution in [2.45, 2.75) is 43.0 Å². The molecule has 0 bridgehead atoms. The minimum Gasteiger partial charge on any atom is -0.377 e. The van der Waals surface area contributed by atoms with Gasteiger partial charge in [-0.1, -0.05) is 29.3 Å². The van der Waals surface area contributed by atoms with Crippen LogP contribution in [-0.2, 0) is 22.1 Å². The van der Waals surface area contributed by atoms with Gasteiger partial charge in [-0.25, -0.2) is 17.8 Å². The summed E-state index contributed by atoms with van der Waals surface area (Å²) in [5.74, 6) is -0.336. The average molecular weight is 494 g/mol. The Labute approximate surface area is 197 Å². The monoisotopic (exact) mass is 493 g/mol. The first kappa shape index (κ1) is 23.2. The summed E-state index contributed by atoms with van der Waals surface area (Å²) in [6, 6.07) is 9.96. The van der Waals surface area contributed by atoms with Crippen LogP contribution in [0.5, 0.6) is 0 Å². The number of anilines is 1. The number of hydrogen-bond donors (Lipinski definition) is 1. The molecule has 170 valence electrons. The summed E-state index contributed by atoms with van der Waals surface area (Å²) in [4.78, 5) is 6.45. The number of halogens is 2. The Balaban J connectivity index is 1.44. The number of nitrogens with zero attached hydrogens (tertiary/aromatic N) is 2. The van der Waals surface area contributed by atoms with Gasteiger partial charge in [0.15, 0.2) is 9.84 Å². The first-order valence-corrected chi connectivity index (χ1v) is 13.3. The molecule has 0 radical (unpaired) electrons. The summed E-state index contributed by atoms with van der Waals surface area (Å²) in [6.45, 7) is 6.16. The van der Waals surface area contributed by atoms with Crippen LogP contribution in [0, 0.1) is 12.7 Å². The van der Waals surface area contributed by atoms with E-state index in [-0.39, 0.29) is 22.0 Å². The second-order valence-electron chi connectivity index (χ2n) is 8.62. The van der Waals surface area contributed by atoms with E-state index in [0.29, 0.717) is 28.5 Å². The maximum absolute atomic E-state index is 14.2. The summed E-state index contributed by atoms with van der Waals surface area (Å²) in [6.07, 6.45) is 0.862. The predicted octanol–water partition coefficient (Wildman–Crippen LogP) is 5.29. The molecule has 0 aliphatic carbocycles. The van der Waals surface area contributed by atoms with Crippen molar-refractivity contribution in [2.24, 2.45) is 0 Å². The van der Waals surface area contributed by atoms with E-state index in [1.165, 1.54) is 23.5 Å². The van der Waals surface area contributed by atoms with Crippen LogP contribution in [0.3, 0.4) is 0 Å². The number of aryl methyl sites for hydroxylation is 1. The number of nitrogens with one attached hydrogen (secondary N) is 1. The molecule has 5 nitrogen and oxygen atoms in total. The Bertz CT molecular complexity index is 1220. The molecule has 2 heterocycles. The SMILES string of the molecule is Cc1ccc(F)c(CN2CC[C@](C)(Nc3ccc(S(=O)(=O)Cc4cscn4)cc3Cl)C2)c1. The van der Waals surface area contributed by atoms with Crippen molar-refractivity contribution < 1.29 is 12.8 Å². The maximum atomic E-state index is 14.2. The molecule has 9 heteroatoms. The van der Waals surface area contributed by atoms with E-state index < -0.39 is 9.84 Å². The molecule has 3 aromatic rings. The fourth-order valence-corrected chi connectivity index (χ4v) is 6.30. The summed E-state index contributed by atoms with van der Waals surface area (Å²) in [5, 5.41) is 5.56. The fourth-order valence-electron chi connectivity index (χ4n) is 4.06. The van der Waals surface area contributed by atoms with Crippen LogP contribution in [0.4, 0.5) is 10.1 Å². The van der Waals surface area contributed by atoms with E-state index in [1.807, 2.05) is 13.0 Å². The highest BCUT2D eigenvalue weighted by atomic mass is 35.5. The van der Waals surface area contributed by atoms with Crippen molar-refractivity contribution in [3.05, 3.63) is 74.9 Å². The molecule has 1 atom stereocenters. The minimum absolute atomic E-state index is 0.151. The highest BCUT2D eigenvalue weighted by Gasteiger charge is 2.34. The average Bonchev–Trinajstić information content (AvgIpc) is 3.36. The van der Waals surface area contributed by atoms with E-state index in [4.69, 9.17) is 11.6 Å². The lowest BCUT2D eigenvalue weighted by molar-refractivity contribution is 0.310. The zero-order valence-electron chi connectivity index (χ0n) is 17.9. The number of thiazole rings is 1. The second-order valence-corrected chi connectivity index (χ2v) is 11.7. The number of sulfone groups is 1. The molecule has 1 fully saturated rings. The van der Waals surface area contributed by atoms with Gasteiger partial charge in [-0.3, -0.25) is 4.90 Å². The van der Waals surface area contributed by atoms with Crippen LogP contribution in [0.25, 0.3) is 0 Å². The van der Waals surface area contributed by atoms with Gasteiger partial charge in [0.1, 0.15) is 5.82 Å². The fraction of sp³-hybridized carbons (Fsp3) is 0.348. The Kier molecular flexibility index (Phi) is 6.58. The molecule has 1 aliphatic heterocycles. The molecule has 0 saturated carbocycles. The van der Waals surface area contributed by atoms with Crippen LogP contribution in [0.1, 0.15) is 30.2 Å². The van der Waals surface area contributed by atoms with Crippen molar-refractivity contribution in [2.75, 3.05) is 18.4 Å². The van der Waals surface area contributed by atoms with Gasteiger partial charge in [0.2, 0.25) is 0 Å². The van der Waals surface area contributed by atoms with Crippen molar-refractivity contribution in [1.29, 1.82) is 0 Å². The van der Waals surface area contributed by atoms with E-state index in [2.05, 4.69) is 22.1 Å². The van der Waals surface area contributed by atoms with Crippen molar-refractivity contribution in [3.8, 4) is 0 Å². The highest BCUT2D eigenvalue weighted by Crippen LogP contribution is 2.33. The molecular weight excluding hydrogens is 469 g/mol. The van der Waals surface area contributed by atoms with Gasteiger partial charge in [-0.15, -0.1) is 11.3 Å². The molecule has 0 spiro atoms. The lowest BCUT2D eigenvalue weighted by Gasteiger charge is -2.28. The third-order valence-corrected chi connectivity index (χ3v) is 8.30. The van der Waals surface area contributed by atoms with Crippen LogP contribution < -0.4 is 5.32 Å². The number of benzene rings is 2. The molecule has 1 saturated heterocycles. The summed E-state index contributed by atoms with van der Waals surface area (Å²) in [5.41, 5.74) is 4.30. The zero-order valence-corrected chi connectivity index (χ0v) is 20.3. The van der Waals surface area contributed by atoms with Gasteiger partial charge in [0.05, 0.1) is 32.6 Å². The van der Waals surface area contributed by atoms with E-state index in [1.54, 1.807) is 29.1 Å². The number of hydrogen-bond acceptors (Lipinski definition) is 6. The Morgan fingerprint density at radius 3 is 2.81 bits per heavy atom. The lowest BCUT2D eigenvalue weighted by atomic mass is 10.0. The molecule has 4 rings (SSSR count). The molecule has 1 aliphatic rings. The topological polar surface area (TPSA) is 62.3 Å². The quantitative estimate of drug-likeness (QED) is 0.484. The van der Waals surface area contributed by atoms with Gasteiger partial charge in [-0.2, -0.15) is 0 Å². The first-order valence-electron chi connectivity index (χ1n) is 10.3. The van der Waals surface area contributed by atoms with Crippen LogP contribution >= 0.6 is 22.9 Å². The Hall–Kier alpha value is -2.00. The largest absolute Gasteiger partial charge is 0.377 e. The van der Waals surface area contributed by atoms with Crippen molar-refractivity contribution in [3.63, 3.8) is 0 Å². The van der Waals surface area contributed by atoms with E-state index >= 15 is 0 Å². The Morgan fingerprint density at radius 2 is 2.09 bits per heavy atom. The van der Waals surface area contributed by atoms with Crippen LogP contribution in [-0.4, -0.2) is 36.9 Å². The molecule has 0 unspecified atom stereocenters.